The maximum absolute atomic E-state index is 6.29. The van der Waals surface area contributed by atoms with Gasteiger partial charge in [0.2, 0.25) is 0 Å². The van der Waals surface area contributed by atoms with Gasteiger partial charge in [0.15, 0.2) is 0 Å². The summed E-state index contributed by atoms with van der Waals surface area (Å²) in [5, 5.41) is 4.35. The number of benzene rings is 1. The largest absolute Gasteiger partial charge is 0.321 e. The lowest BCUT2D eigenvalue weighted by Gasteiger charge is -2.11. The Balaban J connectivity index is 2.13. The van der Waals surface area contributed by atoms with Crippen LogP contribution in [-0.2, 0) is 12.6 Å². The van der Waals surface area contributed by atoms with E-state index in [1.165, 1.54) is 11.1 Å². The summed E-state index contributed by atoms with van der Waals surface area (Å²) in [5.74, 6) is 0. The molecule has 0 spiro atoms. The first-order valence-electron chi connectivity index (χ1n) is 5.67. The van der Waals surface area contributed by atoms with Crippen molar-refractivity contribution in [3.05, 3.63) is 40.5 Å². The summed E-state index contributed by atoms with van der Waals surface area (Å²) in [6, 6.07) is 8.27. The lowest BCUT2D eigenvalue weighted by Crippen LogP contribution is -2.19. The molecule has 2 N–H and O–H groups in total. The topological polar surface area (TPSA) is 43.8 Å². The van der Waals surface area contributed by atoms with E-state index in [1.807, 2.05) is 30.1 Å². The first kappa shape index (κ1) is 11.0. The van der Waals surface area contributed by atoms with E-state index in [1.54, 1.807) is 0 Å². The van der Waals surface area contributed by atoms with Crippen LogP contribution in [0.2, 0.25) is 0 Å². The van der Waals surface area contributed by atoms with Crippen molar-refractivity contribution in [2.45, 2.75) is 18.4 Å². The van der Waals surface area contributed by atoms with Crippen LogP contribution in [-0.4, -0.2) is 9.78 Å². The molecule has 0 atom stereocenters. The van der Waals surface area contributed by atoms with Gasteiger partial charge < -0.3 is 5.73 Å². The van der Waals surface area contributed by atoms with E-state index >= 15 is 0 Å². The molecule has 3 nitrogen and oxygen atoms in total. The number of hydrogen-bond donors (Lipinski definition) is 1. The average Bonchev–Trinajstić information content (AvgIpc) is 2.92. The second-order valence-electron chi connectivity index (χ2n) is 4.69. The first-order chi connectivity index (χ1) is 8.10. The van der Waals surface area contributed by atoms with E-state index in [9.17, 15) is 0 Å². The number of nitrogens with zero attached hydrogens (tertiary/aromatic N) is 2. The predicted molar refractivity (Wildman–Crippen MR) is 71.4 cm³/mol. The highest BCUT2D eigenvalue weighted by atomic mass is 79.9. The Kier molecular flexibility index (Phi) is 2.38. The molecular weight excluding hydrogens is 278 g/mol. The van der Waals surface area contributed by atoms with Crippen LogP contribution in [0, 0.1) is 0 Å². The molecule has 88 valence electrons. The molecule has 0 bridgehead atoms. The molecular formula is C13H14BrN3. The standard InChI is InChI=1S/C13H14BrN3/c1-17-12(9-2-4-10(14)5-3-9)11(8-16-17)13(15)6-7-13/h2-5,8H,6-7,15H2,1H3. The van der Waals surface area contributed by atoms with Gasteiger partial charge >= 0.3 is 0 Å². The number of aromatic nitrogens is 2. The molecule has 1 aliphatic carbocycles. The quantitative estimate of drug-likeness (QED) is 0.925. The van der Waals surface area contributed by atoms with E-state index in [-0.39, 0.29) is 5.54 Å². The van der Waals surface area contributed by atoms with Crippen LogP contribution in [0.25, 0.3) is 11.3 Å². The summed E-state index contributed by atoms with van der Waals surface area (Å²) in [6.45, 7) is 0. The van der Waals surface area contributed by atoms with Crippen molar-refractivity contribution in [1.82, 2.24) is 9.78 Å². The van der Waals surface area contributed by atoms with Gasteiger partial charge in [-0.1, -0.05) is 28.1 Å². The lowest BCUT2D eigenvalue weighted by molar-refractivity contribution is 0.737. The maximum atomic E-state index is 6.29. The van der Waals surface area contributed by atoms with Crippen molar-refractivity contribution < 1.29 is 0 Å². The van der Waals surface area contributed by atoms with Gasteiger partial charge in [-0.15, -0.1) is 0 Å². The van der Waals surface area contributed by atoms with Gasteiger partial charge in [-0.2, -0.15) is 5.10 Å². The zero-order chi connectivity index (χ0) is 12.0. The van der Waals surface area contributed by atoms with Gasteiger partial charge in [0.05, 0.1) is 11.9 Å². The average molecular weight is 292 g/mol. The van der Waals surface area contributed by atoms with Crippen LogP contribution in [0.15, 0.2) is 34.9 Å². The second kappa shape index (κ2) is 3.68. The van der Waals surface area contributed by atoms with Crippen LogP contribution >= 0.6 is 15.9 Å². The number of rotatable bonds is 2. The van der Waals surface area contributed by atoms with E-state index < -0.39 is 0 Å². The molecule has 1 fully saturated rings. The van der Waals surface area contributed by atoms with Crippen LogP contribution in [0.1, 0.15) is 18.4 Å². The Labute approximate surface area is 109 Å². The Morgan fingerprint density at radius 2 is 1.94 bits per heavy atom. The van der Waals surface area contributed by atoms with Crippen LogP contribution in [0.5, 0.6) is 0 Å². The van der Waals surface area contributed by atoms with Gasteiger partial charge in [-0.05, 0) is 25.0 Å². The predicted octanol–water partition coefficient (Wildman–Crippen LogP) is 2.80. The minimum Gasteiger partial charge on any atom is -0.321 e. The Bertz CT molecular complexity index is 553. The number of aryl methyl sites for hydroxylation is 1. The molecule has 0 radical (unpaired) electrons. The Hall–Kier alpha value is -1.13. The third-order valence-electron chi connectivity index (χ3n) is 3.38. The van der Waals surface area contributed by atoms with E-state index in [0.29, 0.717) is 0 Å². The summed E-state index contributed by atoms with van der Waals surface area (Å²) in [5.41, 5.74) is 9.62. The van der Waals surface area contributed by atoms with Crippen molar-refractivity contribution in [2.24, 2.45) is 12.8 Å². The Morgan fingerprint density at radius 1 is 1.29 bits per heavy atom. The summed E-state index contributed by atoms with van der Waals surface area (Å²) in [4.78, 5) is 0. The first-order valence-corrected chi connectivity index (χ1v) is 6.47. The van der Waals surface area contributed by atoms with E-state index in [0.717, 1.165) is 23.0 Å². The van der Waals surface area contributed by atoms with Crippen molar-refractivity contribution in [3.8, 4) is 11.3 Å². The lowest BCUT2D eigenvalue weighted by atomic mass is 10.0. The normalized spacial score (nSPS) is 17.1. The third-order valence-corrected chi connectivity index (χ3v) is 3.91. The van der Waals surface area contributed by atoms with Crippen molar-refractivity contribution >= 4 is 15.9 Å². The monoisotopic (exact) mass is 291 g/mol. The summed E-state index contributed by atoms with van der Waals surface area (Å²) in [7, 11) is 1.96. The van der Waals surface area contributed by atoms with Crippen molar-refractivity contribution in [2.75, 3.05) is 0 Å². The van der Waals surface area contributed by atoms with Crippen LogP contribution in [0.3, 0.4) is 0 Å². The number of halogens is 1. The molecule has 1 aromatic heterocycles. The van der Waals surface area contributed by atoms with Gasteiger partial charge in [-0.3, -0.25) is 4.68 Å². The fraction of sp³-hybridized carbons (Fsp3) is 0.308. The van der Waals surface area contributed by atoms with E-state index in [2.05, 4.69) is 33.2 Å². The SMILES string of the molecule is Cn1ncc(C2(N)CC2)c1-c1ccc(Br)cc1. The highest BCUT2D eigenvalue weighted by Gasteiger charge is 2.43. The molecule has 0 unspecified atom stereocenters. The molecule has 1 saturated carbocycles. The zero-order valence-corrected chi connectivity index (χ0v) is 11.2. The van der Waals surface area contributed by atoms with Crippen molar-refractivity contribution in [3.63, 3.8) is 0 Å². The van der Waals surface area contributed by atoms with Crippen LogP contribution < -0.4 is 5.73 Å². The van der Waals surface area contributed by atoms with Gasteiger partial charge in [0.25, 0.3) is 0 Å². The molecule has 1 aliphatic rings. The second-order valence-corrected chi connectivity index (χ2v) is 5.61. The van der Waals surface area contributed by atoms with Crippen molar-refractivity contribution in [1.29, 1.82) is 0 Å². The number of nitrogens with two attached hydrogens (primary N) is 1. The highest BCUT2D eigenvalue weighted by Crippen LogP contribution is 2.46. The van der Waals surface area contributed by atoms with Crippen LogP contribution in [0.4, 0.5) is 0 Å². The molecule has 0 amide bonds. The fourth-order valence-electron chi connectivity index (χ4n) is 2.16. The molecule has 1 heterocycles. The minimum atomic E-state index is -0.142. The third kappa shape index (κ3) is 1.81. The summed E-state index contributed by atoms with van der Waals surface area (Å²) >= 11 is 3.45. The molecule has 17 heavy (non-hydrogen) atoms. The molecule has 3 rings (SSSR count). The highest BCUT2D eigenvalue weighted by molar-refractivity contribution is 9.10. The fourth-order valence-corrected chi connectivity index (χ4v) is 2.42. The van der Waals surface area contributed by atoms with Gasteiger partial charge in [0, 0.05) is 28.2 Å². The molecule has 2 aromatic rings. The number of hydrogen-bond acceptors (Lipinski definition) is 2. The van der Waals surface area contributed by atoms with Gasteiger partial charge in [-0.25, -0.2) is 0 Å². The maximum Gasteiger partial charge on any atom is 0.0729 e. The summed E-state index contributed by atoms with van der Waals surface area (Å²) in [6.07, 6.45) is 4.02. The summed E-state index contributed by atoms with van der Waals surface area (Å²) < 4.78 is 2.99. The minimum absolute atomic E-state index is 0.142. The zero-order valence-electron chi connectivity index (χ0n) is 9.65. The van der Waals surface area contributed by atoms with Gasteiger partial charge in [0.1, 0.15) is 0 Å². The van der Waals surface area contributed by atoms with E-state index in [4.69, 9.17) is 5.73 Å². The Morgan fingerprint density at radius 3 is 2.53 bits per heavy atom. The molecule has 0 saturated heterocycles. The molecule has 1 aromatic carbocycles. The molecule has 0 aliphatic heterocycles. The smallest absolute Gasteiger partial charge is 0.0729 e. The molecule has 4 heteroatoms.